The molecule has 19 heavy (non-hydrogen) atoms. The van der Waals surface area contributed by atoms with E-state index in [1.807, 2.05) is 36.4 Å². The lowest BCUT2D eigenvalue weighted by Crippen LogP contribution is -2.22. The van der Waals surface area contributed by atoms with Crippen LogP contribution in [0.15, 0.2) is 48.5 Å². The second kappa shape index (κ2) is 6.34. The third-order valence-corrected chi connectivity index (χ3v) is 3.21. The molecule has 0 aliphatic carbocycles. The first kappa shape index (κ1) is 13.6. The van der Waals surface area contributed by atoms with E-state index in [1.165, 1.54) is 6.07 Å². The second-order valence-corrected chi connectivity index (χ2v) is 4.48. The molecule has 0 heterocycles. The van der Waals surface area contributed by atoms with Crippen LogP contribution in [0, 0.1) is 5.82 Å². The van der Waals surface area contributed by atoms with Crippen LogP contribution >= 0.6 is 0 Å². The second-order valence-electron chi connectivity index (χ2n) is 4.48. The smallest absolute Gasteiger partial charge is 0.128 e. The van der Waals surface area contributed by atoms with Gasteiger partial charge in [0.05, 0.1) is 0 Å². The van der Waals surface area contributed by atoms with Gasteiger partial charge in [0, 0.05) is 30.9 Å². The zero-order chi connectivity index (χ0) is 13.7. The minimum absolute atomic E-state index is 0.174. The summed E-state index contributed by atoms with van der Waals surface area (Å²) in [5.74, 6) is -0.174. The molecule has 2 rings (SSSR count). The largest absolute Gasteiger partial charge is 0.367 e. The van der Waals surface area contributed by atoms with E-state index >= 15 is 0 Å². The van der Waals surface area contributed by atoms with Gasteiger partial charge >= 0.3 is 0 Å². The molecule has 0 aliphatic heterocycles. The van der Waals surface area contributed by atoms with Crippen LogP contribution in [0.3, 0.4) is 0 Å². The molecule has 2 aromatic rings. The van der Waals surface area contributed by atoms with E-state index in [1.54, 1.807) is 6.07 Å². The van der Waals surface area contributed by atoms with Crippen molar-refractivity contribution in [3.8, 4) is 0 Å². The SMILES string of the molecule is CCN(Cc1cc(CN)ccc1F)c1ccccc1. The molecule has 0 aromatic heterocycles. The van der Waals surface area contributed by atoms with E-state index in [4.69, 9.17) is 5.73 Å². The molecule has 0 aliphatic rings. The van der Waals surface area contributed by atoms with Crippen LogP contribution in [0.1, 0.15) is 18.1 Å². The van der Waals surface area contributed by atoms with Gasteiger partial charge in [-0.25, -0.2) is 4.39 Å². The van der Waals surface area contributed by atoms with E-state index in [-0.39, 0.29) is 5.82 Å². The Morgan fingerprint density at radius 3 is 2.47 bits per heavy atom. The summed E-state index contributed by atoms with van der Waals surface area (Å²) in [7, 11) is 0. The molecular formula is C16H19FN2. The van der Waals surface area contributed by atoms with Crippen molar-refractivity contribution < 1.29 is 4.39 Å². The van der Waals surface area contributed by atoms with Crippen molar-refractivity contribution in [2.75, 3.05) is 11.4 Å². The van der Waals surface area contributed by atoms with E-state index in [0.29, 0.717) is 18.7 Å². The molecule has 0 spiro atoms. The average molecular weight is 258 g/mol. The average Bonchev–Trinajstić information content (AvgIpc) is 2.47. The van der Waals surface area contributed by atoms with Crippen molar-refractivity contribution in [1.29, 1.82) is 0 Å². The van der Waals surface area contributed by atoms with Crippen molar-refractivity contribution in [2.24, 2.45) is 5.73 Å². The third kappa shape index (κ3) is 3.32. The van der Waals surface area contributed by atoms with Crippen molar-refractivity contribution in [3.63, 3.8) is 0 Å². The van der Waals surface area contributed by atoms with Gasteiger partial charge in [0.15, 0.2) is 0 Å². The summed E-state index contributed by atoms with van der Waals surface area (Å²) in [4.78, 5) is 2.14. The Kier molecular flexibility index (Phi) is 4.53. The maximum atomic E-state index is 13.9. The first-order valence-electron chi connectivity index (χ1n) is 6.52. The summed E-state index contributed by atoms with van der Waals surface area (Å²) < 4.78 is 13.9. The Labute approximate surface area is 113 Å². The minimum Gasteiger partial charge on any atom is -0.367 e. The molecule has 0 unspecified atom stereocenters. The van der Waals surface area contributed by atoms with Crippen molar-refractivity contribution in [2.45, 2.75) is 20.0 Å². The predicted molar refractivity (Wildman–Crippen MR) is 77.5 cm³/mol. The van der Waals surface area contributed by atoms with Gasteiger partial charge in [-0.05, 0) is 36.8 Å². The standard InChI is InChI=1S/C16H19FN2/c1-2-19(15-6-4-3-5-7-15)12-14-10-13(11-18)8-9-16(14)17/h3-10H,2,11-12,18H2,1H3. The van der Waals surface area contributed by atoms with Crippen molar-refractivity contribution >= 4 is 5.69 Å². The number of hydrogen-bond acceptors (Lipinski definition) is 2. The molecule has 2 nitrogen and oxygen atoms in total. The fourth-order valence-electron chi connectivity index (χ4n) is 2.11. The van der Waals surface area contributed by atoms with E-state index in [2.05, 4.69) is 11.8 Å². The zero-order valence-corrected chi connectivity index (χ0v) is 11.1. The van der Waals surface area contributed by atoms with Crippen molar-refractivity contribution in [3.05, 3.63) is 65.5 Å². The highest BCUT2D eigenvalue weighted by atomic mass is 19.1. The number of benzene rings is 2. The Bertz CT molecular complexity index is 526. The van der Waals surface area contributed by atoms with Gasteiger partial charge < -0.3 is 10.6 Å². The Balaban J connectivity index is 2.23. The fourth-order valence-corrected chi connectivity index (χ4v) is 2.11. The lowest BCUT2D eigenvalue weighted by Gasteiger charge is -2.23. The molecule has 0 saturated carbocycles. The van der Waals surface area contributed by atoms with Gasteiger partial charge in [0.25, 0.3) is 0 Å². The van der Waals surface area contributed by atoms with Crippen LogP contribution in [0.25, 0.3) is 0 Å². The molecule has 0 amide bonds. The van der Waals surface area contributed by atoms with E-state index in [0.717, 1.165) is 17.8 Å². The summed E-state index contributed by atoms with van der Waals surface area (Å²) in [5, 5.41) is 0. The van der Waals surface area contributed by atoms with Crippen LogP contribution < -0.4 is 10.6 Å². The molecule has 0 radical (unpaired) electrons. The lowest BCUT2D eigenvalue weighted by atomic mass is 10.1. The van der Waals surface area contributed by atoms with Crippen LogP contribution in [0.4, 0.5) is 10.1 Å². The summed E-state index contributed by atoms with van der Waals surface area (Å²) in [6.45, 7) is 3.89. The normalized spacial score (nSPS) is 10.5. The predicted octanol–water partition coefficient (Wildman–Crippen LogP) is 3.31. The van der Waals surface area contributed by atoms with Gasteiger partial charge in [-0.15, -0.1) is 0 Å². The topological polar surface area (TPSA) is 29.3 Å². The van der Waals surface area contributed by atoms with Gasteiger partial charge in [-0.1, -0.05) is 24.3 Å². The first-order chi connectivity index (χ1) is 9.24. The maximum Gasteiger partial charge on any atom is 0.128 e. The van der Waals surface area contributed by atoms with Gasteiger partial charge in [0.1, 0.15) is 5.82 Å². The van der Waals surface area contributed by atoms with E-state index in [9.17, 15) is 4.39 Å². The fraction of sp³-hybridized carbons (Fsp3) is 0.250. The highest BCUT2D eigenvalue weighted by Crippen LogP contribution is 2.19. The summed E-state index contributed by atoms with van der Waals surface area (Å²) in [6, 6.07) is 15.1. The molecule has 0 bridgehead atoms. The molecule has 2 aromatic carbocycles. The van der Waals surface area contributed by atoms with E-state index < -0.39 is 0 Å². The minimum atomic E-state index is -0.174. The Hall–Kier alpha value is -1.87. The maximum absolute atomic E-state index is 13.9. The highest BCUT2D eigenvalue weighted by Gasteiger charge is 2.09. The Morgan fingerprint density at radius 1 is 1.11 bits per heavy atom. The van der Waals surface area contributed by atoms with Crippen LogP contribution in [0.5, 0.6) is 0 Å². The number of anilines is 1. The zero-order valence-electron chi connectivity index (χ0n) is 11.1. The Morgan fingerprint density at radius 2 is 1.84 bits per heavy atom. The quantitative estimate of drug-likeness (QED) is 0.891. The van der Waals surface area contributed by atoms with Gasteiger partial charge in [0.2, 0.25) is 0 Å². The first-order valence-corrected chi connectivity index (χ1v) is 6.52. The molecule has 0 atom stereocenters. The number of para-hydroxylation sites is 1. The summed E-state index contributed by atoms with van der Waals surface area (Å²) in [6.07, 6.45) is 0. The number of nitrogens with two attached hydrogens (primary N) is 1. The molecule has 0 fully saturated rings. The lowest BCUT2D eigenvalue weighted by molar-refractivity contribution is 0.604. The number of hydrogen-bond donors (Lipinski definition) is 1. The third-order valence-electron chi connectivity index (χ3n) is 3.21. The van der Waals surface area contributed by atoms with Gasteiger partial charge in [-0.3, -0.25) is 0 Å². The monoisotopic (exact) mass is 258 g/mol. The summed E-state index contributed by atoms with van der Waals surface area (Å²) >= 11 is 0. The molecule has 0 saturated heterocycles. The highest BCUT2D eigenvalue weighted by molar-refractivity contribution is 5.46. The number of nitrogens with zero attached hydrogens (tertiary/aromatic N) is 1. The van der Waals surface area contributed by atoms with Crippen LogP contribution in [0.2, 0.25) is 0 Å². The summed E-state index contributed by atoms with van der Waals surface area (Å²) in [5.41, 5.74) is 8.35. The van der Waals surface area contributed by atoms with Gasteiger partial charge in [-0.2, -0.15) is 0 Å². The molecule has 2 N–H and O–H groups in total. The van der Waals surface area contributed by atoms with Crippen molar-refractivity contribution in [1.82, 2.24) is 0 Å². The molecular weight excluding hydrogens is 239 g/mol. The van der Waals surface area contributed by atoms with Crippen LogP contribution in [-0.2, 0) is 13.1 Å². The number of rotatable bonds is 5. The molecule has 3 heteroatoms. The van der Waals surface area contributed by atoms with Crippen LogP contribution in [-0.4, -0.2) is 6.54 Å². The number of halogens is 1. The molecule has 100 valence electrons.